The molecule has 1 amide bonds. The van der Waals surface area contributed by atoms with Crippen LogP contribution in [0.15, 0.2) is 47.6 Å². The number of H-pyrrole nitrogens is 1. The monoisotopic (exact) mass is 390 g/mol. The highest BCUT2D eigenvalue weighted by molar-refractivity contribution is 7.99. The van der Waals surface area contributed by atoms with Crippen LogP contribution in [0.3, 0.4) is 0 Å². The molecule has 2 N–H and O–H groups in total. The van der Waals surface area contributed by atoms with E-state index in [1.807, 2.05) is 12.1 Å². The Morgan fingerprint density at radius 2 is 2.04 bits per heavy atom. The number of aromatic amines is 1. The fourth-order valence-electron chi connectivity index (χ4n) is 2.18. The van der Waals surface area contributed by atoms with Crippen LogP contribution in [0.4, 0.5) is 4.39 Å². The van der Waals surface area contributed by atoms with Gasteiger partial charge in [0.25, 0.3) is 0 Å². The Kier molecular flexibility index (Phi) is 5.90. The van der Waals surface area contributed by atoms with Gasteiger partial charge >= 0.3 is 0 Å². The minimum absolute atomic E-state index is 0.172. The summed E-state index contributed by atoms with van der Waals surface area (Å²) in [6.07, 6.45) is 0. The highest BCUT2D eigenvalue weighted by Crippen LogP contribution is 2.20. The Bertz CT molecular complexity index is 914. The van der Waals surface area contributed by atoms with Gasteiger partial charge < -0.3 is 5.32 Å². The lowest BCUT2D eigenvalue weighted by molar-refractivity contribution is -0.118. The lowest BCUT2D eigenvalue weighted by Gasteiger charge is -2.05. The van der Waals surface area contributed by atoms with Crippen LogP contribution < -0.4 is 5.32 Å². The van der Waals surface area contributed by atoms with Crippen molar-refractivity contribution in [2.45, 2.75) is 18.6 Å². The third-order valence-corrected chi connectivity index (χ3v) is 4.74. The van der Waals surface area contributed by atoms with Crippen LogP contribution in [0, 0.1) is 12.7 Å². The van der Waals surface area contributed by atoms with Crippen molar-refractivity contribution in [3.63, 3.8) is 0 Å². The molecule has 26 heavy (non-hydrogen) atoms. The van der Waals surface area contributed by atoms with Crippen LogP contribution in [0.5, 0.6) is 0 Å². The van der Waals surface area contributed by atoms with Crippen LogP contribution in [0.1, 0.15) is 11.1 Å². The van der Waals surface area contributed by atoms with E-state index >= 15 is 0 Å². The lowest BCUT2D eigenvalue weighted by Crippen LogP contribution is -2.24. The average Bonchev–Trinajstić information content (AvgIpc) is 3.10. The summed E-state index contributed by atoms with van der Waals surface area (Å²) >= 11 is 7.09. The second-order valence-electron chi connectivity index (χ2n) is 5.62. The number of hydrogen-bond acceptors (Lipinski definition) is 4. The molecule has 8 heteroatoms. The van der Waals surface area contributed by atoms with Crippen LogP contribution in [0.2, 0.25) is 5.02 Å². The summed E-state index contributed by atoms with van der Waals surface area (Å²) < 4.78 is 13.5. The van der Waals surface area contributed by atoms with Gasteiger partial charge in [-0.1, -0.05) is 35.5 Å². The average molecular weight is 391 g/mol. The predicted octanol–water partition coefficient (Wildman–Crippen LogP) is 3.98. The molecule has 0 radical (unpaired) electrons. The molecular weight excluding hydrogens is 375 g/mol. The minimum atomic E-state index is -0.276. The summed E-state index contributed by atoms with van der Waals surface area (Å²) in [5, 5.41) is 10.8. The largest absolute Gasteiger partial charge is 0.351 e. The maximum absolute atomic E-state index is 13.5. The van der Waals surface area contributed by atoms with Crippen molar-refractivity contribution in [2.75, 3.05) is 5.75 Å². The molecule has 0 fully saturated rings. The zero-order valence-corrected chi connectivity index (χ0v) is 15.5. The van der Waals surface area contributed by atoms with Crippen LogP contribution in [-0.4, -0.2) is 26.8 Å². The normalized spacial score (nSPS) is 10.7. The second kappa shape index (κ2) is 8.33. The highest BCUT2D eigenvalue weighted by Gasteiger charge is 2.09. The summed E-state index contributed by atoms with van der Waals surface area (Å²) in [5.41, 5.74) is 2.16. The Morgan fingerprint density at radius 1 is 1.27 bits per heavy atom. The van der Waals surface area contributed by atoms with E-state index in [0.717, 1.165) is 11.1 Å². The molecule has 1 aromatic heterocycles. The first-order chi connectivity index (χ1) is 12.5. The molecule has 0 atom stereocenters. The number of nitrogens with one attached hydrogen (secondary N) is 2. The van der Waals surface area contributed by atoms with Crippen molar-refractivity contribution in [3.05, 3.63) is 64.4 Å². The summed E-state index contributed by atoms with van der Waals surface area (Å²) in [7, 11) is 0. The van der Waals surface area contributed by atoms with Crippen LogP contribution in [-0.2, 0) is 11.3 Å². The van der Waals surface area contributed by atoms with Crippen molar-refractivity contribution in [1.29, 1.82) is 0 Å². The quantitative estimate of drug-likeness (QED) is 0.624. The molecule has 0 aliphatic heterocycles. The lowest BCUT2D eigenvalue weighted by atomic mass is 10.1. The molecular formula is C18H16ClFN4OS. The van der Waals surface area contributed by atoms with Crippen molar-refractivity contribution < 1.29 is 9.18 Å². The fraction of sp³-hybridized carbons (Fsp3) is 0.167. The molecule has 0 bridgehead atoms. The Balaban J connectivity index is 1.50. The molecule has 0 aliphatic rings. The maximum atomic E-state index is 13.5. The topological polar surface area (TPSA) is 70.7 Å². The van der Waals surface area contributed by atoms with E-state index in [4.69, 9.17) is 11.6 Å². The predicted molar refractivity (Wildman–Crippen MR) is 101 cm³/mol. The molecule has 0 aliphatic carbocycles. The van der Waals surface area contributed by atoms with E-state index in [1.165, 1.54) is 17.8 Å². The number of nitrogens with zero attached hydrogens (tertiary/aromatic N) is 2. The van der Waals surface area contributed by atoms with Crippen molar-refractivity contribution in [2.24, 2.45) is 0 Å². The number of amides is 1. The second-order valence-corrected chi connectivity index (χ2v) is 7.00. The number of carbonyl (C=O) groups excluding carboxylic acids is 1. The Labute approximate surface area is 159 Å². The number of halogens is 2. The van der Waals surface area contributed by atoms with Gasteiger partial charge in [0, 0.05) is 17.1 Å². The number of carbonyl (C=O) groups is 1. The number of benzene rings is 2. The minimum Gasteiger partial charge on any atom is -0.351 e. The standard InChI is InChI=1S/C18H16ClFN4OS/c1-11-2-3-12(8-15(11)20)9-21-16(25)10-26-18-22-17(23-24-18)13-4-6-14(19)7-5-13/h2-8H,9-10H2,1H3,(H,21,25)(H,22,23,24). The first kappa shape index (κ1) is 18.4. The number of hydrogen-bond donors (Lipinski definition) is 2. The van der Waals surface area contributed by atoms with E-state index in [1.54, 1.807) is 31.2 Å². The third kappa shape index (κ3) is 4.83. The van der Waals surface area contributed by atoms with Gasteiger partial charge in [-0.3, -0.25) is 9.89 Å². The maximum Gasteiger partial charge on any atom is 0.230 e. The first-order valence-electron chi connectivity index (χ1n) is 7.84. The van der Waals surface area contributed by atoms with Gasteiger partial charge in [-0.2, -0.15) is 0 Å². The SMILES string of the molecule is Cc1ccc(CNC(=O)CSc2n[nH]c(-c3ccc(Cl)cc3)n2)cc1F. The molecule has 0 unspecified atom stereocenters. The van der Waals surface area contributed by atoms with Crippen molar-refractivity contribution in [3.8, 4) is 11.4 Å². The van der Waals surface area contributed by atoms with Gasteiger partial charge in [-0.15, -0.1) is 5.10 Å². The Hall–Kier alpha value is -2.38. The molecule has 0 spiro atoms. The van der Waals surface area contributed by atoms with Gasteiger partial charge in [0.2, 0.25) is 11.1 Å². The van der Waals surface area contributed by atoms with E-state index < -0.39 is 0 Å². The Morgan fingerprint density at radius 3 is 2.77 bits per heavy atom. The molecule has 3 rings (SSSR count). The van der Waals surface area contributed by atoms with Gasteiger partial charge in [0.1, 0.15) is 5.82 Å². The van der Waals surface area contributed by atoms with Crippen molar-refractivity contribution >= 4 is 29.3 Å². The molecule has 134 valence electrons. The van der Waals surface area contributed by atoms with Crippen LogP contribution >= 0.6 is 23.4 Å². The number of aromatic nitrogens is 3. The summed E-state index contributed by atoms with van der Waals surface area (Å²) in [6.45, 7) is 1.98. The number of thioether (sulfide) groups is 1. The van der Waals surface area contributed by atoms with E-state index in [-0.39, 0.29) is 24.0 Å². The summed E-state index contributed by atoms with van der Waals surface area (Å²) in [6, 6.07) is 12.1. The summed E-state index contributed by atoms with van der Waals surface area (Å²) in [4.78, 5) is 16.3. The van der Waals surface area contributed by atoms with E-state index in [2.05, 4.69) is 20.5 Å². The van der Waals surface area contributed by atoms with Gasteiger partial charge in [0.15, 0.2) is 5.82 Å². The van der Waals surface area contributed by atoms with E-state index in [9.17, 15) is 9.18 Å². The number of aryl methyl sites for hydroxylation is 1. The van der Waals surface area contributed by atoms with Crippen molar-refractivity contribution in [1.82, 2.24) is 20.5 Å². The zero-order valence-electron chi connectivity index (χ0n) is 13.9. The molecule has 0 saturated heterocycles. The number of rotatable bonds is 6. The van der Waals surface area contributed by atoms with E-state index in [0.29, 0.717) is 21.6 Å². The van der Waals surface area contributed by atoms with Crippen LogP contribution in [0.25, 0.3) is 11.4 Å². The first-order valence-corrected chi connectivity index (χ1v) is 9.20. The molecule has 0 saturated carbocycles. The van der Waals surface area contributed by atoms with Gasteiger partial charge in [0.05, 0.1) is 5.75 Å². The molecule has 1 heterocycles. The highest BCUT2D eigenvalue weighted by atomic mass is 35.5. The fourth-order valence-corrected chi connectivity index (χ4v) is 2.93. The van der Waals surface area contributed by atoms with Gasteiger partial charge in [-0.25, -0.2) is 9.37 Å². The molecule has 3 aromatic rings. The molecule has 2 aromatic carbocycles. The summed E-state index contributed by atoms with van der Waals surface area (Å²) in [5.74, 6) is 0.335. The smallest absolute Gasteiger partial charge is 0.230 e. The molecule has 5 nitrogen and oxygen atoms in total. The zero-order chi connectivity index (χ0) is 18.5. The third-order valence-electron chi connectivity index (χ3n) is 3.64. The van der Waals surface area contributed by atoms with Gasteiger partial charge in [-0.05, 0) is 48.4 Å².